The van der Waals surface area contributed by atoms with Crippen molar-refractivity contribution in [1.29, 1.82) is 0 Å². The van der Waals surface area contributed by atoms with Crippen molar-refractivity contribution in [3.63, 3.8) is 0 Å². The number of esters is 2. The molecule has 0 aliphatic carbocycles. The zero-order chi connectivity index (χ0) is 47.7. The molecular weight excluding hydrogens is 813 g/mol. The Morgan fingerprint density at radius 3 is 1.08 bits per heavy atom. The fourth-order valence-corrected chi connectivity index (χ4v) is 8.31. The second kappa shape index (κ2) is 56.9. The van der Waals surface area contributed by atoms with E-state index in [2.05, 4.69) is 81.5 Å². The van der Waals surface area contributed by atoms with E-state index in [4.69, 9.17) is 14.2 Å². The maximum absolute atomic E-state index is 12.8. The minimum atomic E-state index is -0.563. The summed E-state index contributed by atoms with van der Waals surface area (Å²) in [4.78, 5) is 25.5. The molecule has 0 fully saturated rings. The van der Waals surface area contributed by atoms with Crippen molar-refractivity contribution in [2.45, 2.75) is 297 Å². The van der Waals surface area contributed by atoms with Crippen molar-refractivity contribution in [3.05, 3.63) is 60.8 Å². The number of carbonyl (C=O) groups excluding carboxylic acids is 2. The number of unbranched alkanes of at least 4 members (excludes halogenated alkanes) is 32. The Bertz CT molecular complexity index is 1130. The highest BCUT2D eigenvalue weighted by molar-refractivity contribution is 5.70. The van der Waals surface area contributed by atoms with Crippen LogP contribution in [0, 0.1) is 0 Å². The molecule has 0 aliphatic rings. The van der Waals surface area contributed by atoms with E-state index in [9.17, 15) is 9.59 Å². The minimum Gasteiger partial charge on any atom is -0.462 e. The molecule has 0 rings (SSSR count). The average molecular weight is 924 g/mol. The molecule has 0 aromatic rings. The summed E-state index contributed by atoms with van der Waals surface area (Å²) in [7, 11) is 0. The van der Waals surface area contributed by atoms with Crippen LogP contribution in [0.15, 0.2) is 60.8 Å². The van der Waals surface area contributed by atoms with Gasteiger partial charge in [-0.1, -0.05) is 281 Å². The molecule has 0 saturated heterocycles. The van der Waals surface area contributed by atoms with Gasteiger partial charge in [-0.25, -0.2) is 0 Å². The summed E-state index contributed by atoms with van der Waals surface area (Å²) in [5, 5.41) is 0. The summed E-state index contributed by atoms with van der Waals surface area (Å²) < 4.78 is 17.4. The first kappa shape index (κ1) is 63.6. The van der Waals surface area contributed by atoms with Crippen LogP contribution >= 0.6 is 0 Å². The van der Waals surface area contributed by atoms with Gasteiger partial charge in [0, 0.05) is 19.4 Å². The van der Waals surface area contributed by atoms with Crippen molar-refractivity contribution in [3.8, 4) is 0 Å². The first-order chi connectivity index (χ1) is 32.6. The highest BCUT2D eigenvalue weighted by Crippen LogP contribution is 2.16. The molecule has 0 aromatic carbocycles. The molecule has 0 saturated carbocycles. The van der Waals surface area contributed by atoms with Crippen LogP contribution in [-0.4, -0.2) is 37.9 Å². The molecule has 0 amide bonds. The highest BCUT2D eigenvalue weighted by Gasteiger charge is 2.17. The molecule has 1 unspecified atom stereocenters. The fraction of sp³-hybridized carbons (Fsp3) is 0.803. The lowest BCUT2D eigenvalue weighted by atomic mass is 10.0. The van der Waals surface area contributed by atoms with E-state index in [1.54, 1.807) is 0 Å². The zero-order valence-corrected chi connectivity index (χ0v) is 44.2. The van der Waals surface area contributed by atoms with Gasteiger partial charge in [0.05, 0.1) is 6.61 Å². The first-order valence-corrected chi connectivity index (χ1v) is 28.8. The van der Waals surface area contributed by atoms with Gasteiger partial charge >= 0.3 is 11.9 Å². The Balaban J connectivity index is 4.30. The maximum atomic E-state index is 12.8. The molecule has 0 aromatic heterocycles. The van der Waals surface area contributed by atoms with Crippen molar-refractivity contribution < 1.29 is 23.8 Å². The highest BCUT2D eigenvalue weighted by atomic mass is 16.6. The monoisotopic (exact) mass is 923 g/mol. The summed E-state index contributed by atoms with van der Waals surface area (Å²) in [6.45, 7) is 7.71. The smallest absolute Gasteiger partial charge is 0.306 e. The molecule has 384 valence electrons. The van der Waals surface area contributed by atoms with E-state index in [0.717, 1.165) is 70.6 Å². The third kappa shape index (κ3) is 54.2. The molecule has 66 heavy (non-hydrogen) atoms. The lowest BCUT2D eigenvalue weighted by molar-refractivity contribution is -0.162. The third-order valence-electron chi connectivity index (χ3n) is 12.6. The third-order valence-corrected chi connectivity index (χ3v) is 12.6. The Kier molecular flexibility index (Phi) is 54.9. The molecular formula is C61H110O5. The Morgan fingerprint density at radius 1 is 0.348 bits per heavy atom. The summed E-state index contributed by atoms with van der Waals surface area (Å²) in [6.07, 6.45) is 72.5. The van der Waals surface area contributed by atoms with Crippen LogP contribution in [0.25, 0.3) is 0 Å². The van der Waals surface area contributed by atoms with Crippen LogP contribution in [0.4, 0.5) is 0 Å². The number of ether oxygens (including phenoxy) is 3. The van der Waals surface area contributed by atoms with Gasteiger partial charge in [0.15, 0.2) is 6.10 Å². The Labute approximate surface area is 411 Å². The lowest BCUT2D eigenvalue weighted by Gasteiger charge is -2.18. The molecule has 0 N–H and O–H groups in total. The van der Waals surface area contributed by atoms with E-state index in [0.29, 0.717) is 19.4 Å². The Morgan fingerprint density at radius 2 is 0.682 bits per heavy atom. The van der Waals surface area contributed by atoms with Crippen molar-refractivity contribution in [1.82, 2.24) is 0 Å². The Hall–Kier alpha value is -2.40. The summed E-state index contributed by atoms with van der Waals surface area (Å²) in [5.41, 5.74) is 0. The van der Waals surface area contributed by atoms with Gasteiger partial charge in [0.2, 0.25) is 0 Å². The van der Waals surface area contributed by atoms with E-state index in [1.807, 2.05) is 0 Å². The van der Waals surface area contributed by atoms with Gasteiger partial charge in [-0.15, -0.1) is 0 Å². The van der Waals surface area contributed by atoms with E-state index >= 15 is 0 Å². The van der Waals surface area contributed by atoms with E-state index in [1.165, 1.54) is 186 Å². The fourth-order valence-electron chi connectivity index (χ4n) is 8.31. The number of rotatable bonds is 53. The van der Waals surface area contributed by atoms with Crippen LogP contribution in [-0.2, 0) is 23.8 Å². The maximum Gasteiger partial charge on any atom is 0.306 e. The first-order valence-electron chi connectivity index (χ1n) is 28.8. The van der Waals surface area contributed by atoms with Crippen LogP contribution < -0.4 is 0 Å². The minimum absolute atomic E-state index is 0.0667. The number of hydrogen-bond donors (Lipinski definition) is 0. The zero-order valence-electron chi connectivity index (χ0n) is 44.2. The van der Waals surface area contributed by atoms with Gasteiger partial charge in [-0.2, -0.15) is 0 Å². The topological polar surface area (TPSA) is 61.8 Å². The molecule has 0 radical (unpaired) electrons. The van der Waals surface area contributed by atoms with Crippen molar-refractivity contribution in [2.24, 2.45) is 0 Å². The summed E-state index contributed by atoms with van der Waals surface area (Å²) in [5.74, 6) is -0.448. The largest absolute Gasteiger partial charge is 0.462 e. The quantitative estimate of drug-likeness (QED) is 0.0346. The van der Waals surface area contributed by atoms with Crippen LogP contribution in [0.1, 0.15) is 290 Å². The predicted octanol–water partition coefficient (Wildman–Crippen LogP) is 19.7. The molecule has 5 heteroatoms. The second-order valence-electron chi connectivity index (χ2n) is 19.2. The molecule has 5 nitrogen and oxygen atoms in total. The van der Waals surface area contributed by atoms with Gasteiger partial charge in [-0.05, 0) is 57.8 Å². The normalized spacial score (nSPS) is 12.6. The summed E-state index contributed by atoms with van der Waals surface area (Å²) in [6, 6.07) is 0. The molecule has 0 heterocycles. The van der Waals surface area contributed by atoms with Crippen LogP contribution in [0.5, 0.6) is 0 Å². The second-order valence-corrected chi connectivity index (χ2v) is 19.2. The summed E-state index contributed by atoms with van der Waals surface area (Å²) >= 11 is 0. The number of carbonyl (C=O) groups is 2. The van der Waals surface area contributed by atoms with Gasteiger partial charge < -0.3 is 14.2 Å². The molecule has 1 atom stereocenters. The average Bonchev–Trinajstić information content (AvgIpc) is 3.32. The number of hydrogen-bond acceptors (Lipinski definition) is 5. The van der Waals surface area contributed by atoms with E-state index in [-0.39, 0.29) is 25.2 Å². The molecule has 0 bridgehead atoms. The SMILES string of the molecule is CC/C=C\C/C=C\C/C=C\C/C=C\C/C=C\CCCC(=O)OC(COCCCCCCCCCCCCCCCC)COC(=O)CCCCCCCCCCCCCCCCCCCCC. The predicted molar refractivity (Wildman–Crippen MR) is 288 cm³/mol. The van der Waals surface area contributed by atoms with Gasteiger partial charge in [0.1, 0.15) is 6.61 Å². The van der Waals surface area contributed by atoms with Gasteiger partial charge in [0.25, 0.3) is 0 Å². The molecule has 0 spiro atoms. The lowest BCUT2D eigenvalue weighted by Crippen LogP contribution is -2.30. The number of allylic oxidation sites excluding steroid dienone is 10. The van der Waals surface area contributed by atoms with E-state index < -0.39 is 6.10 Å². The van der Waals surface area contributed by atoms with Crippen LogP contribution in [0.3, 0.4) is 0 Å². The standard InChI is InChI=1S/C61H110O5/c1-4-7-10-13-16-19-22-25-28-30-31-33-34-36-39-42-45-48-51-54-60(62)65-58-59(57-64-56-53-50-47-44-41-38-27-24-21-18-15-12-9-6-3)66-61(63)55-52-49-46-43-40-37-35-32-29-26-23-20-17-14-11-8-5-2/h8,11,17,20,26,29,35,37,43,46,59H,4-7,9-10,12-16,18-19,21-25,27-28,30-34,36,38-42,44-45,47-58H2,1-3H3/b11-8-,20-17-,29-26-,37-35-,46-43-. The molecule has 0 aliphatic heterocycles. The van der Waals surface area contributed by atoms with Crippen molar-refractivity contribution in [2.75, 3.05) is 19.8 Å². The van der Waals surface area contributed by atoms with Gasteiger partial charge in [-0.3, -0.25) is 9.59 Å². The van der Waals surface area contributed by atoms with Crippen LogP contribution in [0.2, 0.25) is 0 Å². The van der Waals surface area contributed by atoms with Crippen molar-refractivity contribution >= 4 is 11.9 Å².